The summed E-state index contributed by atoms with van der Waals surface area (Å²) < 4.78 is 5.00. The highest BCUT2D eigenvalue weighted by Crippen LogP contribution is 2.09. The molecular formula is C11H14N4O4. The molecule has 0 aromatic carbocycles. The standard InChI is InChI=1S/C11H14N4O4/c1-6(2)8(9(16)15-11(12)18)19-10(17)7-5-13-3-4-14-7/h3-6,8H,1-2H3,(H3,12,15,16,18)/t8-/m0/s1. The molecule has 0 spiro atoms. The summed E-state index contributed by atoms with van der Waals surface area (Å²) in [5, 5.41) is 1.87. The van der Waals surface area contributed by atoms with Crippen molar-refractivity contribution in [2.45, 2.75) is 20.0 Å². The quantitative estimate of drug-likeness (QED) is 0.730. The van der Waals surface area contributed by atoms with Crippen LogP contribution in [0.1, 0.15) is 24.3 Å². The summed E-state index contributed by atoms with van der Waals surface area (Å²) in [5.74, 6) is -1.91. The Labute approximate surface area is 109 Å². The average molecular weight is 266 g/mol. The van der Waals surface area contributed by atoms with Gasteiger partial charge in [0.25, 0.3) is 5.91 Å². The van der Waals surface area contributed by atoms with Crippen LogP contribution in [-0.4, -0.2) is 34.0 Å². The van der Waals surface area contributed by atoms with Crippen molar-refractivity contribution < 1.29 is 19.1 Å². The number of aromatic nitrogens is 2. The van der Waals surface area contributed by atoms with Gasteiger partial charge in [0.05, 0.1) is 6.20 Å². The van der Waals surface area contributed by atoms with Gasteiger partial charge in [-0.1, -0.05) is 13.8 Å². The summed E-state index contributed by atoms with van der Waals surface area (Å²) in [6, 6.07) is -1.01. The van der Waals surface area contributed by atoms with Crippen LogP contribution in [0.25, 0.3) is 0 Å². The second kappa shape index (κ2) is 6.43. The van der Waals surface area contributed by atoms with Gasteiger partial charge in [-0.05, 0) is 5.92 Å². The first-order valence-electron chi connectivity index (χ1n) is 5.49. The van der Waals surface area contributed by atoms with Crippen LogP contribution < -0.4 is 11.1 Å². The normalized spacial score (nSPS) is 11.7. The van der Waals surface area contributed by atoms with Crippen molar-refractivity contribution >= 4 is 17.9 Å². The molecular weight excluding hydrogens is 252 g/mol. The van der Waals surface area contributed by atoms with Gasteiger partial charge in [-0.3, -0.25) is 15.1 Å². The highest BCUT2D eigenvalue weighted by molar-refractivity contribution is 5.97. The zero-order chi connectivity index (χ0) is 14.4. The Hall–Kier alpha value is -2.51. The van der Waals surface area contributed by atoms with E-state index in [0.29, 0.717) is 0 Å². The van der Waals surface area contributed by atoms with Gasteiger partial charge in [0.2, 0.25) is 0 Å². The molecule has 0 fully saturated rings. The third kappa shape index (κ3) is 4.34. The van der Waals surface area contributed by atoms with Gasteiger partial charge >= 0.3 is 12.0 Å². The van der Waals surface area contributed by atoms with E-state index in [-0.39, 0.29) is 11.6 Å². The van der Waals surface area contributed by atoms with Crippen molar-refractivity contribution in [1.29, 1.82) is 0 Å². The lowest BCUT2D eigenvalue weighted by Gasteiger charge is -2.19. The van der Waals surface area contributed by atoms with E-state index >= 15 is 0 Å². The molecule has 8 nitrogen and oxygen atoms in total. The van der Waals surface area contributed by atoms with E-state index in [1.165, 1.54) is 18.6 Å². The minimum Gasteiger partial charge on any atom is -0.447 e. The molecule has 3 amide bonds. The van der Waals surface area contributed by atoms with Crippen LogP contribution in [0.4, 0.5) is 4.79 Å². The number of hydrogen-bond donors (Lipinski definition) is 2. The van der Waals surface area contributed by atoms with Crippen molar-refractivity contribution in [2.75, 3.05) is 0 Å². The number of primary amides is 1. The van der Waals surface area contributed by atoms with Gasteiger partial charge in [-0.15, -0.1) is 0 Å². The fraction of sp³-hybridized carbons (Fsp3) is 0.364. The number of hydrogen-bond acceptors (Lipinski definition) is 6. The number of nitrogens with two attached hydrogens (primary N) is 1. The Balaban J connectivity index is 2.77. The van der Waals surface area contributed by atoms with Gasteiger partial charge in [-0.25, -0.2) is 14.6 Å². The molecule has 0 aliphatic carbocycles. The lowest BCUT2D eigenvalue weighted by Crippen LogP contribution is -2.45. The lowest BCUT2D eigenvalue weighted by molar-refractivity contribution is -0.130. The highest BCUT2D eigenvalue weighted by Gasteiger charge is 2.28. The fourth-order valence-corrected chi connectivity index (χ4v) is 1.27. The van der Waals surface area contributed by atoms with Gasteiger partial charge in [-0.2, -0.15) is 0 Å². The predicted molar refractivity (Wildman–Crippen MR) is 63.8 cm³/mol. The van der Waals surface area contributed by atoms with Crippen LogP contribution in [0.2, 0.25) is 0 Å². The topological polar surface area (TPSA) is 124 Å². The lowest BCUT2D eigenvalue weighted by atomic mass is 10.1. The van der Waals surface area contributed by atoms with Crippen LogP contribution in [0.5, 0.6) is 0 Å². The summed E-state index contributed by atoms with van der Waals surface area (Å²) in [4.78, 5) is 41.4. The Morgan fingerprint density at radius 2 is 2.00 bits per heavy atom. The summed E-state index contributed by atoms with van der Waals surface area (Å²) >= 11 is 0. The molecule has 3 N–H and O–H groups in total. The number of esters is 1. The molecule has 1 atom stereocenters. The number of amides is 3. The van der Waals surface area contributed by atoms with E-state index in [1.54, 1.807) is 13.8 Å². The molecule has 102 valence electrons. The molecule has 8 heteroatoms. The third-order valence-corrected chi connectivity index (χ3v) is 2.12. The first-order valence-corrected chi connectivity index (χ1v) is 5.49. The minimum atomic E-state index is -1.14. The van der Waals surface area contributed by atoms with Crippen LogP contribution >= 0.6 is 0 Å². The van der Waals surface area contributed by atoms with Crippen molar-refractivity contribution in [1.82, 2.24) is 15.3 Å². The molecule has 1 rings (SSSR count). The van der Waals surface area contributed by atoms with E-state index in [4.69, 9.17) is 10.5 Å². The Bertz CT molecular complexity index is 475. The molecule has 0 unspecified atom stereocenters. The molecule has 0 radical (unpaired) electrons. The van der Waals surface area contributed by atoms with Crippen molar-refractivity contribution in [3.63, 3.8) is 0 Å². The maximum Gasteiger partial charge on any atom is 0.359 e. The van der Waals surface area contributed by atoms with Crippen LogP contribution in [0.15, 0.2) is 18.6 Å². The largest absolute Gasteiger partial charge is 0.447 e. The van der Waals surface area contributed by atoms with E-state index < -0.39 is 24.0 Å². The number of nitrogens with zero attached hydrogens (tertiary/aromatic N) is 2. The van der Waals surface area contributed by atoms with Crippen molar-refractivity contribution in [3.8, 4) is 0 Å². The maximum absolute atomic E-state index is 11.7. The maximum atomic E-state index is 11.7. The number of carbonyl (C=O) groups is 3. The molecule has 1 aromatic heterocycles. The van der Waals surface area contributed by atoms with Crippen LogP contribution in [-0.2, 0) is 9.53 Å². The monoisotopic (exact) mass is 266 g/mol. The van der Waals surface area contributed by atoms with Gasteiger partial charge in [0.15, 0.2) is 11.8 Å². The second-order valence-corrected chi connectivity index (χ2v) is 4.01. The van der Waals surface area contributed by atoms with E-state index in [9.17, 15) is 14.4 Å². The first kappa shape index (κ1) is 14.6. The van der Waals surface area contributed by atoms with E-state index in [1.807, 2.05) is 5.32 Å². The SMILES string of the molecule is CC(C)[C@H](OC(=O)c1cnccn1)C(=O)NC(N)=O. The van der Waals surface area contributed by atoms with Gasteiger partial charge < -0.3 is 10.5 Å². The van der Waals surface area contributed by atoms with Gasteiger partial charge in [0.1, 0.15) is 0 Å². The Kier molecular flexibility index (Phi) is 4.92. The first-order chi connectivity index (χ1) is 8.91. The van der Waals surface area contributed by atoms with E-state index in [2.05, 4.69) is 9.97 Å². The van der Waals surface area contributed by atoms with Crippen LogP contribution in [0.3, 0.4) is 0 Å². The number of urea groups is 1. The second-order valence-electron chi connectivity index (χ2n) is 4.01. The number of nitrogens with one attached hydrogen (secondary N) is 1. The summed E-state index contributed by atoms with van der Waals surface area (Å²) in [6.07, 6.45) is 2.80. The van der Waals surface area contributed by atoms with Crippen LogP contribution in [0, 0.1) is 5.92 Å². The highest BCUT2D eigenvalue weighted by atomic mass is 16.5. The van der Waals surface area contributed by atoms with Gasteiger partial charge in [0, 0.05) is 12.4 Å². The smallest absolute Gasteiger partial charge is 0.359 e. The molecule has 19 heavy (non-hydrogen) atoms. The molecule has 1 aromatic rings. The Morgan fingerprint density at radius 1 is 1.32 bits per heavy atom. The minimum absolute atomic E-state index is 0.0278. The average Bonchev–Trinajstić information content (AvgIpc) is 2.35. The fourth-order valence-electron chi connectivity index (χ4n) is 1.27. The third-order valence-electron chi connectivity index (χ3n) is 2.12. The van der Waals surface area contributed by atoms with Crippen molar-refractivity contribution in [3.05, 3.63) is 24.3 Å². The number of ether oxygens (including phenoxy) is 1. The predicted octanol–water partition coefficient (Wildman–Crippen LogP) is -0.147. The summed E-state index contributed by atoms with van der Waals surface area (Å²) in [5.41, 5.74) is 4.81. The zero-order valence-electron chi connectivity index (χ0n) is 10.5. The molecule has 1 heterocycles. The number of imide groups is 1. The summed E-state index contributed by atoms with van der Waals surface area (Å²) in [6.45, 7) is 3.32. The zero-order valence-corrected chi connectivity index (χ0v) is 10.5. The number of rotatable bonds is 4. The van der Waals surface area contributed by atoms with E-state index in [0.717, 1.165) is 0 Å². The number of carbonyl (C=O) groups excluding carboxylic acids is 3. The molecule has 0 saturated heterocycles. The summed E-state index contributed by atoms with van der Waals surface area (Å²) in [7, 11) is 0. The molecule has 0 bridgehead atoms. The Morgan fingerprint density at radius 3 is 2.47 bits per heavy atom. The molecule has 0 aliphatic rings. The molecule has 0 aliphatic heterocycles. The molecule has 0 saturated carbocycles. The van der Waals surface area contributed by atoms with Crippen molar-refractivity contribution in [2.24, 2.45) is 11.7 Å².